The van der Waals surface area contributed by atoms with Crippen molar-refractivity contribution in [3.63, 3.8) is 0 Å². The number of carboxylic acids is 1. The highest BCUT2D eigenvalue weighted by Gasteiger charge is 2.36. The van der Waals surface area contributed by atoms with Crippen LogP contribution in [0.15, 0.2) is 77.7 Å². The number of halogens is 1. The number of carbonyl (C=O) groups is 1. The molecule has 0 aliphatic heterocycles. The van der Waals surface area contributed by atoms with Crippen molar-refractivity contribution in [1.29, 1.82) is 0 Å². The van der Waals surface area contributed by atoms with Gasteiger partial charge in [-0.25, -0.2) is 0 Å². The van der Waals surface area contributed by atoms with Crippen LogP contribution in [-0.2, 0) is 11.2 Å². The van der Waals surface area contributed by atoms with Gasteiger partial charge < -0.3 is 14.6 Å². The zero-order valence-corrected chi connectivity index (χ0v) is 20.7. The van der Waals surface area contributed by atoms with Gasteiger partial charge in [0, 0.05) is 11.3 Å². The summed E-state index contributed by atoms with van der Waals surface area (Å²) in [5, 5.41) is 8.72. The fourth-order valence-corrected chi connectivity index (χ4v) is 4.72. The van der Waals surface area contributed by atoms with Crippen molar-refractivity contribution in [2.24, 2.45) is 0 Å². The lowest BCUT2D eigenvalue weighted by Gasteiger charge is -2.34. The zero-order valence-electron chi connectivity index (χ0n) is 19.1. The quantitative estimate of drug-likeness (QED) is 0.222. The second kappa shape index (κ2) is 11.5. The van der Waals surface area contributed by atoms with Gasteiger partial charge in [-0.3, -0.25) is 4.79 Å². The second-order valence-electron chi connectivity index (χ2n) is 7.76. The molecule has 0 bridgehead atoms. The highest BCUT2D eigenvalue weighted by molar-refractivity contribution is 8.00. The smallest absolute Gasteiger partial charge is 0.310 e. The van der Waals surface area contributed by atoms with Gasteiger partial charge in [0.1, 0.15) is 11.5 Å². The van der Waals surface area contributed by atoms with Crippen molar-refractivity contribution >= 4 is 29.3 Å². The molecule has 0 amide bonds. The molecule has 0 aromatic heterocycles. The van der Waals surface area contributed by atoms with Crippen molar-refractivity contribution < 1.29 is 19.4 Å². The van der Waals surface area contributed by atoms with Gasteiger partial charge in [-0.05, 0) is 66.6 Å². The summed E-state index contributed by atoms with van der Waals surface area (Å²) < 4.78 is 13.1. The topological polar surface area (TPSA) is 55.8 Å². The van der Waals surface area contributed by atoms with E-state index in [0.717, 1.165) is 29.1 Å². The molecule has 3 aromatic rings. The highest BCUT2D eigenvalue weighted by Crippen LogP contribution is 2.43. The Labute approximate surface area is 204 Å². The van der Waals surface area contributed by atoms with E-state index in [1.807, 2.05) is 61.5 Å². The lowest BCUT2D eigenvalue weighted by atomic mass is 10.0. The molecule has 4 nitrogen and oxygen atoms in total. The summed E-state index contributed by atoms with van der Waals surface area (Å²) in [7, 11) is 0. The van der Waals surface area contributed by atoms with Gasteiger partial charge in [0.15, 0.2) is 0 Å². The van der Waals surface area contributed by atoms with Crippen LogP contribution >= 0.6 is 23.4 Å². The van der Waals surface area contributed by atoms with E-state index >= 15 is 0 Å². The average Bonchev–Trinajstić information content (AvgIpc) is 2.82. The van der Waals surface area contributed by atoms with Gasteiger partial charge in [-0.1, -0.05) is 74.3 Å². The lowest BCUT2D eigenvalue weighted by molar-refractivity contribution is -0.138. The highest BCUT2D eigenvalue weighted by atomic mass is 35.5. The predicted octanol–water partition coefficient (Wildman–Crippen LogP) is 7.79. The summed E-state index contributed by atoms with van der Waals surface area (Å²) >= 11 is 7.99. The molecule has 3 aromatic carbocycles. The molecule has 0 heterocycles. The van der Waals surface area contributed by atoms with Gasteiger partial charge in [0.25, 0.3) is 0 Å². The Bertz CT molecular complexity index is 1070. The maximum absolute atomic E-state index is 11.4. The molecule has 0 spiro atoms. The monoisotopic (exact) mass is 484 g/mol. The van der Waals surface area contributed by atoms with Crippen molar-refractivity contribution in [2.75, 3.05) is 0 Å². The first kappa shape index (κ1) is 25.0. The Morgan fingerprint density at radius 2 is 1.73 bits per heavy atom. The van der Waals surface area contributed by atoms with E-state index in [9.17, 15) is 9.90 Å². The molecular weight excluding hydrogens is 456 g/mol. The van der Waals surface area contributed by atoms with Gasteiger partial charge in [-0.2, -0.15) is 0 Å². The zero-order chi connectivity index (χ0) is 23.8. The molecule has 0 aliphatic carbocycles. The van der Waals surface area contributed by atoms with E-state index < -0.39 is 17.0 Å². The van der Waals surface area contributed by atoms with Crippen molar-refractivity contribution in [1.82, 2.24) is 0 Å². The van der Waals surface area contributed by atoms with Crippen LogP contribution in [0.2, 0.25) is 5.02 Å². The number of hydrogen-bond donors (Lipinski definition) is 1. The third-order valence-electron chi connectivity index (χ3n) is 5.30. The Morgan fingerprint density at radius 3 is 2.36 bits per heavy atom. The molecule has 174 valence electrons. The molecule has 33 heavy (non-hydrogen) atoms. The summed E-state index contributed by atoms with van der Waals surface area (Å²) in [5.74, 6) is -0.0724. The number of para-hydroxylation sites is 2. The fraction of sp³-hybridized carbons (Fsp3) is 0.296. The van der Waals surface area contributed by atoms with Crippen LogP contribution in [0.5, 0.6) is 11.5 Å². The molecule has 0 radical (unpaired) electrons. The summed E-state index contributed by atoms with van der Waals surface area (Å²) in [4.78, 5) is 12.1. The van der Waals surface area contributed by atoms with Crippen molar-refractivity contribution in [2.45, 2.75) is 56.0 Å². The minimum absolute atomic E-state index is 0.463. The largest absolute Gasteiger partial charge is 0.481 e. The number of benzene rings is 3. The number of carboxylic acid groups (broad SMARTS) is 1. The number of rotatable bonds is 11. The minimum Gasteiger partial charge on any atom is -0.481 e. The Kier molecular flexibility index (Phi) is 8.70. The second-order valence-corrected chi connectivity index (χ2v) is 9.44. The standard InChI is InChI=1S/C27H29ClO4S/c1-4-11-20-12-9-10-15-24(20)32-27(5-2,31-22-13-7-6-8-14-22)33-25-17-16-21(18-23(25)28)19(3)26(29)30/h6-10,12-19H,4-5,11H2,1-3H3,(H,29,30). The number of aryl methyl sites for hydroxylation is 1. The van der Waals surface area contributed by atoms with Gasteiger partial charge >= 0.3 is 11.1 Å². The molecule has 0 fully saturated rings. The number of thioether (sulfide) groups is 1. The van der Waals surface area contributed by atoms with Crippen molar-refractivity contribution in [3.8, 4) is 11.5 Å². The van der Waals surface area contributed by atoms with E-state index in [2.05, 4.69) is 13.0 Å². The van der Waals surface area contributed by atoms with E-state index in [4.69, 9.17) is 21.1 Å². The maximum atomic E-state index is 11.4. The summed E-state index contributed by atoms with van der Waals surface area (Å²) in [5.41, 5.74) is 1.77. The molecule has 2 atom stereocenters. The number of hydrogen-bond acceptors (Lipinski definition) is 4. The number of aliphatic carboxylic acids is 1. The molecule has 0 saturated carbocycles. The molecule has 0 aliphatic rings. The van der Waals surface area contributed by atoms with Crippen molar-refractivity contribution in [3.05, 3.63) is 88.9 Å². The number of ether oxygens (including phenoxy) is 2. The lowest BCUT2D eigenvalue weighted by Crippen LogP contribution is -2.38. The molecule has 1 N–H and O–H groups in total. The van der Waals surface area contributed by atoms with Crippen LogP contribution in [0, 0.1) is 0 Å². The van der Waals surface area contributed by atoms with Crippen LogP contribution in [0.1, 0.15) is 50.7 Å². The third-order valence-corrected chi connectivity index (χ3v) is 7.07. The van der Waals surface area contributed by atoms with E-state index in [0.29, 0.717) is 22.8 Å². The van der Waals surface area contributed by atoms with Crippen LogP contribution < -0.4 is 9.47 Å². The van der Waals surface area contributed by atoms with Crippen LogP contribution in [0.3, 0.4) is 0 Å². The normalized spacial score (nSPS) is 13.7. The van der Waals surface area contributed by atoms with E-state index in [1.165, 1.54) is 11.8 Å². The average molecular weight is 485 g/mol. The Balaban J connectivity index is 1.99. The summed E-state index contributed by atoms with van der Waals surface area (Å²) in [6, 6.07) is 22.9. The van der Waals surface area contributed by atoms with Crippen LogP contribution in [-0.4, -0.2) is 16.2 Å². The Hall–Kier alpha value is -2.63. The molecule has 2 unspecified atom stereocenters. The van der Waals surface area contributed by atoms with E-state index in [1.54, 1.807) is 19.1 Å². The maximum Gasteiger partial charge on any atom is 0.310 e. The summed E-state index contributed by atoms with van der Waals surface area (Å²) in [6.45, 7) is 5.79. The van der Waals surface area contributed by atoms with Gasteiger partial charge in [0.05, 0.1) is 10.9 Å². The Morgan fingerprint density at radius 1 is 1.03 bits per heavy atom. The van der Waals surface area contributed by atoms with Gasteiger partial charge in [-0.15, -0.1) is 0 Å². The SMILES string of the molecule is CCCc1ccccc1OC(CC)(Oc1ccccc1)Sc1ccc(C(C)C(=O)O)cc1Cl. The first-order valence-corrected chi connectivity index (χ1v) is 12.3. The first-order chi connectivity index (χ1) is 15.9. The predicted molar refractivity (Wildman–Crippen MR) is 135 cm³/mol. The van der Waals surface area contributed by atoms with Gasteiger partial charge in [0.2, 0.25) is 0 Å². The minimum atomic E-state index is -1.07. The molecule has 6 heteroatoms. The fourth-order valence-electron chi connectivity index (χ4n) is 3.37. The molecular formula is C27H29ClO4S. The molecule has 0 saturated heterocycles. The molecule has 3 rings (SSSR count). The first-order valence-electron chi connectivity index (χ1n) is 11.1. The van der Waals surface area contributed by atoms with E-state index in [-0.39, 0.29) is 0 Å². The van der Waals surface area contributed by atoms with Crippen LogP contribution in [0.4, 0.5) is 0 Å². The third kappa shape index (κ3) is 6.46. The van der Waals surface area contributed by atoms with Crippen LogP contribution in [0.25, 0.3) is 0 Å². The summed E-state index contributed by atoms with van der Waals surface area (Å²) in [6.07, 6.45) is 2.44.